The van der Waals surface area contributed by atoms with E-state index >= 15 is 4.79 Å². The van der Waals surface area contributed by atoms with Gasteiger partial charge < -0.3 is 52.1 Å². The third kappa shape index (κ3) is 16.0. The molecule has 76 heavy (non-hydrogen) atoms. The second kappa shape index (κ2) is 29.1. The number of carbonyl (C=O) groups is 1. The summed E-state index contributed by atoms with van der Waals surface area (Å²) in [6.45, 7) is 1.70. The van der Waals surface area contributed by atoms with Crippen molar-refractivity contribution in [3.05, 3.63) is 251 Å². The Bertz CT molecular complexity index is 2700. The van der Waals surface area contributed by atoms with Crippen molar-refractivity contribution >= 4 is 6.09 Å². The molecule has 0 unspecified atom stereocenters. The molecule has 0 saturated carbocycles. The fraction of sp³-hybridized carbons (Fsp3) is 0.317. The molecule has 1 N–H and O–H groups in total. The normalized spacial score (nSPS) is 23.4. The van der Waals surface area contributed by atoms with Gasteiger partial charge in [-0.1, -0.05) is 212 Å². The molecule has 13 heteroatoms. The lowest BCUT2D eigenvalue weighted by atomic mass is 9.96. The van der Waals surface area contributed by atoms with Gasteiger partial charge in [-0.05, 0) is 38.9 Å². The molecule has 2 aliphatic heterocycles. The lowest BCUT2D eigenvalue weighted by molar-refractivity contribution is -0.315. The molecule has 2 aliphatic rings. The first-order valence-electron chi connectivity index (χ1n) is 25.9. The van der Waals surface area contributed by atoms with Crippen LogP contribution in [-0.2, 0) is 98.4 Å². The standard InChI is InChI=1S/C63H67NO12/c1-66-62-60(73-43-52-35-21-8-22-36-52)58(71-41-50-31-17-6-18-32-50)56(54(75-62)45-68-38-47-25-11-3-12-26-47)76-63(65)64-61-59(72-42-51-33-19-7-20-34-51)57(70-40-49-29-15-5-16-30-49)55(69-39-48-27-13-4-14-28-48)53(74-61)44-67-37-46-23-9-2-10-24-46/h2-36,53-62H,37-45H2,1H3,(H,64,65)/t53-,54-,55-,56+,57+,58+,59-,60-,61+,62-/m1/s1. The van der Waals surface area contributed by atoms with Crippen LogP contribution >= 0.6 is 0 Å². The van der Waals surface area contributed by atoms with E-state index in [1.54, 1.807) is 7.11 Å². The Morgan fingerprint density at radius 2 is 0.671 bits per heavy atom. The minimum absolute atomic E-state index is 0.0166. The van der Waals surface area contributed by atoms with Gasteiger partial charge in [-0.15, -0.1) is 0 Å². The van der Waals surface area contributed by atoms with Gasteiger partial charge >= 0.3 is 6.09 Å². The maximum absolute atomic E-state index is 15.1. The molecule has 2 saturated heterocycles. The Morgan fingerprint density at radius 3 is 1.04 bits per heavy atom. The van der Waals surface area contributed by atoms with Crippen molar-refractivity contribution in [2.24, 2.45) is 0 Å². The summed E-state index contributed by atoms with van der Waals surface area (Å²) in [4.78, 5) is 15.1. The highest BCUT2D eigenvalue weighted by Gasteiger charge is 2.52. The van der Waals surface area contributed by atoms with Gasteiger partial charge in [-0.25, -0.2) is 4.79 Å². The Labute approximate surface area is 445 Å². The molecule has 2 heterocycles. The van der Waals surface area contributed by atoms with Gasteiger partial charge in [-0.2, -0.15) is 0 Å². The van der Waals surface area contributed by atoms with Crippen LogP contribution in [-0.4, -0.2) is 87.8 Å². The topological polar surface area (TPSA) is 131 Å². The van der Waals surface area contributed by atoms with Crippen LogP contribution in [0.3, 0.4) is 0 Å². The number of ether oxygens (including phenoxy) is 11. The molecular formula is C63H67NO12. The summed E-state index contributed by atoms with van der Waals surface area (Å²) >= 11 is 0. The van der Waals surface area contributed by atoms with Crippen molar-refractivity contribution in [1.82, 2.24) is 5.32 Å². The van der Waals surface area contributed by atoms with E-state index in [0.29, 0.717) is 6.61 Å². The second-order valence-electron chi connectivity index (χ2n) is 18.7. The van der Waals surface area contributed by atoms with Crippen LogP contribution in [0.25, 0.3) is 0 Å². The van der Waals surface area contributed by atoms with Crippen LogP contribution in [0.2, 0.25) is 0 Å². The van der Waals surface area contributed by atoms with E-state index in [9.17, 15) is 0 Å². The SMILES string of the molecule is CO[C@@H]1O[C@H](COCc2ccccc2)[C@H](OC(=O)N[C@H]2O[C@H](COCc3ccccc3)[C@@H](OCc3ccccc3)[C@H](OCc3ccccc3)[C@H]2OCc2ccccc2)[C@H](OCc2ccccc2)[C@H]1OCc1ccccc1. The fourth-order valence-corrected chi connectivity index (χ4v) is 9.29. The minimum atomic E-state index is -1.16. The highest BCUT2D eigenvalue weighted by molar-refractivity contribution is 5.68. The van der Waals surface area contributed by atoms with E-state index in [1.807, 2.05) is 212 Å². The fourth-order valence-electron chi connectivity index (χ4n) is 9.29. The van der Waals surface area contributed by atoms with Crippen molar-refractivity contribution in [2.75, 3.05) is 20.3 Å². The van der Waals surface area contributed by atoms with E-state index in [1.165, 1.54) is 0 Å². The van der Waals surface area contributed by atoms with Crippen LogP contribution < -0.4 is 5.32 Å². The molecular weight excluding hydrogens is 963 g/mol. The number of carbonyl (C=O) groups excluding carboxylic acids is 1. The highest BCUT2D eigenvalue weighted by Crippen LogP contribution is 2.33. The largest absolute Gasteiger partial charge is 0.440 e. The van der Waals surface area contributed by atoms with Gasteiger partial charge in [0.05, 0.1) is 59.5 Å². The molecule has 9 rings (SSSR count). The number of benzene rings is 7. The van der Waals surface area contributed by atoms with Gasteiger partial charge in [0.2, 0.25) is 0 Å². The van der Waals surface area contributed by atoms with Crippen molar-refractivity contribution in [2.45, 2.75) is 108 Å². The summed E-state index contributed by atoms with van der Waals surface area (Å²) in [5, 5.41) is 3.08. The number of amides is 1. The maximum Gasteiger partial charge on any atom is 0.409 e. The lowest BCUT2D eigenvalue weighted by Crippen LogP contribution is -2.66. The second-order valence-corrected chi connectivity index (χ2v) is 18.7. The van der Waals surface area contributed by atoms with Crippen LogP contribution in [0.1, 0.15) is 38.9 Å². The lowest BCUT2D eigenvalue weighted by Gasteiger charge is -2.47. The van der Waals surface area contributed by atoms with E-state index < -0.39 is 67.4 Å². The molecule has 0 radical (unpaired) electrons. The predicted octanol–water partition coefficient (Wildman–Crippen LogP) is 10.5. The van der Waals surface area contributed by atoms with Gasteiger partial charge in [0.1, 0.15) is 42.7 Å². The Kier molecular flexibility index (Phi) is 20.7. The molecule has 0 spiro atoms. The van der Waals surface area contributed by atoms with E-state index in [4.69, 9.17) is 52.1 Å². The molecule has 13 nitrogen and oxygen atoms in total. The summed E-state index contributed by atoms with van der Waals surface area (Å²) < 4.78 is 73.2. The van der Waals surface area contributed by atoms with Crippen LogP contribution in [0.5, 0.6) is 0 Å². The summed E-state index contributed by atoms with van der Waals surface area (Å²) in [5.74, 6) is 0. The zero-order valence-corrected chi connectivity index (χ0v) is 42.7. The molecule has 10 atom stereocenters. The van der Waals surface area contributed by atoms with E-state index in [0.717, 1.165) is 38.9 Å². The summed E-state index contributed by atoms with van der Waals surface area (Å²) in [6, 6.07) is 68.9. The van der Waals surface area contributed by atoms with Crippen molar-refractivity contribution in [1.29, 1.82) is 0 Å². The van der Waals surface area contributed by atoms with Crippen molar-refractivity contribution in [3.8, 4) is 0 Å². The molecule has 0 aromatic heterocycles. The zero-order valence-electron chi connectivity index (χ0n) is 42.7. The summed E-state index contributed by atoms with van der Waals surface area (Å²) in [7, 11) is 1.55. The molecule has 1 amide bonds. The first-order valence-corrected chi connectivity index (χ1v) is 25.9. The minimum Gasteiger partial charge on any atom is -0.440 e. The number of hydrogen-bond acceptors (Lipinski definition) is 12. The Balaban J connectivity index is 1.04. The van der Waals surface area contributed by atoms with E-state index in [-0.39, 0.29) is 52.9 Å². The zero-order chi connectivity index (χ0) is 52.0. The number of alkyl carbamates (subject to hydrolysis) is 1. The maximum atomic E-state index is 15.1. The quantitative estimate of drug-likeness (QED) is 0.0554. The third-order valence-electron chi connectivity index (χ3n) is 13.2. The molecule has 2 fully saturated rings. The van der Waals surface area contributed by atoms with Crippen molar-refractivity contribution < 1.29 is 56.9 Å². The van der Waals surface area contributed by atoms with E-state index in [2.05, 4.69) is 5.32 Å². The average molecular weight is 1030 g/mol. The Hall–Kier alpha value is -6.59. The van der Waals surface area contributed by atoms with Gasteiger partial charge in [0.25, 0.3) is 0 Å². The number of rotatable bonds is 26. The van der Waals surface area contributed by atoms with Crippen LogP contribution in [0.4, 0.5) is 4.79 Å². The third-order valence-corrected chi connectivity index (χ3v) is 13.2. The van der Waals surface area contributed by atoms with Crippen molar-refractivity contribution in [3.63, 3.8) is 0 Å². The molecule has 7 aromatic rings. The highest BCUT2D eigenvalue weighted by atomic mass is 16.7. The molecule has 396 valence electrons. The number of methoxy groups -OCH3 is 1. The van der Waals surface area contributed by atoms with Crippen LogP contribution in [0, 0.1) is 0 Å². The molecule has 7 aromatic carbocycles. The summed E-state index contributed by atoms with van der Waals surface area (Å²) in [6.07, 6.45) is -9.96. The first kappa shape index (κ1) is 54.2. The van der Waals surface area contributed by atoms with Crippen LogP contribution in [0.15, 0.2) is 212 Å². The average Bonchev–Trinajstić information content (AvgIpc) is 3.48. The van der Waals surface area contributed by atoms with Gasteiger partial charge in [0, 0.05) is 7.11 Å². The molecule has 0 aliphatic carbocycles. The van der Waals surface area contributed by atoms with Gasteiger partial charge in [-0.3, -0.25) is 5.32 Å². The predicted molar refractivity (Wildman–Crippen MR) is 285 cm³/mol. The number of hydrogen-bond donors (Lipinski definition) is 1. The summed E-state index contributed by atoms with van der Waals surface area (Å²) in [5.41, 5.74) is 6.60. The number of nitrogens with one attached hydrogen (secondary N) is 1. The van der Waals surface area contributed by atoms with Gasteiger partial charge in [0.15, 0.2) is 18.6 Å². The first-order chi connectivity index (χ1) is 37.6. The smallest absolute Gasteiger partial charge is 0.409 e. The molecule has 0 bridgehead atoms. The Morgan fingerprint density at radius 1 is 0.368 bits per heavy atom. The monoisotopic (exact) mass is 1030 g/mol.